The largest absolute Gasteiger partial charge is 0.374 e. The van der Waals surface area contributed by atoms with Gasteiger partial charge in [-0.25, -0.2) is 0 Å². The molecule has 3 nitrogen and oxygen atoms in total. The topological polar surface area (TPSA) is 24.5 Å². The van der Waals surface area contributed by atoms with Crippen LogP contribution in [0.4, 0.5) is 0 Å². The Morgan fingerprint density at radius 1 is 1.38 bits per heavy atom. The lowest BCUT2D eigenvalue weighted by atomic mass is 10.3. The Bertz CT molecular complexity index is 114. The van der Waals surface area contributed by atoms with Gasteiger partial charge in [0.05, 0.1) is 12.7 Å². The van der Waals surface area contributed by atoms with Crippen molar-refractivity contribution in [1.82, 2.24) is 10.2 Å². The number of likely N-dealkylation sites (N-methyl/N-ethyl adjacent to an activating group) is 1. The quantitative estimate of drug-likeness (QED) is 0.738. The molecule has 1 atom stereocenters. The van der Waals surface area contributed by atoms with Crippen molar-refractivity contribution in [2.45, 2.75) is 20.0 Å². The summed E-state index contributed by atoms with van der Waals surface area (Å²) in [5.41, 5.74) is 0. The van der Waals surface area contributed by atoms with Crippen LogP contribution in [0.2, 0.25) is 0 Å². The minimum absolute atomic E-state index is 0. The van der Waals surface area contributed by atoms with Crippen molar-refractivity contribution in [3.8, 4) is 0 Å². The molecule has 0 aromatic rings. The summed E-state index contributed by atoms with van der Waals surface area (Å²) in [5.74, 6) is 0. The van der Waals surface area contributed by atoms with E-state index >= 15 is 0 Å². The van der Waals surface area contributed by atoms with E-state index in [1.807, 2.05) is 0 Å². The third-order valence-electron chi connectivity index (χ3n) is 2.36. The van der Waals surface area contributed by atoms with Crippen molar-refractivity contribution in [3.05, 3.63) is 0 Å². The first-order valence-corrected chi connectivity index (χ1v) is 4.91. The number of hydrogen-bond donors (Lipinski definition) is 1. The van der Waals surface area contributed by atoms with Gasteiger partial charge in [0, 0.05) is 19.6 Å². The Morgan fingerprint density at radius 2 is 2.08 bits per heavy atom. The van der Waals surface area contributed by atoms with Crippen LogP contribution in [0.1, 0.15) is 13.8 Å². The first kappa shape index (κ1) is 13.2. The fourth-order valence-corrected chi connectivity index (χ4v) is 1.51. The van der Waals surface area contributed by atoms with E-state index in [4.69, 9.17) is 4.74 Å². The van der Waals surface area contributed by atoms with E-state index in [9.17, 15) is 0 Å². The molecule has 0 radical (unpaired) electrons. The van der Waals surface area contributed by atoms with Crippen LogP contribution >= 0.6 is 12.4 Å². The molecule has 0 aliphatic carbocycles. The Morgan fingerprint density at radius 3 is 2.54 bits per heavy atom. The third-order valence-corrected chi connectivity index (χ3v) is 2.36. The van der Waals surface area contributed by atoms with Crippen LogP contribution in [0, 0.1) is 0 Å². The first-order valence-electron chi connectivity index (χ1n) is 4.91. The van der Waals surface area contributed by atoms with E-state index in [0.717, 1.165) is 39.3 Å². The maximum Gasteiger partial charge on any atom is 0.0826 e. The Labute approximate surface area is 87.2 Å². The number of nitrogens with one attached hydrogen (secondary N) is 1. The molecule has 0 unspecified atom stereocenters. The van der Waals surface area contributed by atoms with Crippen LogP contribution in [0.25, 0.3) is 0 Å². The maximum atomic E-state index is 5.61. The van der Waals surface area contributed by atoms with E-state index < -0.39 is 0 Å². The average Bonchev–Trinajstić information content (AvgIpc) is 2.16. The molecule has 1 fully saturated rings. The van der Waals surface area contributed by atoms with Crippen molar-refractivity contribution < 1.29 is 4.74 Å². The van der Waals surface area contributed by atoms with Gasteiger partial charge in [-0.3, -0.25) is 0 Å². The Hall–Kier alpha value is 0.170. The molecule has 0 aromatic heterocycles. The van der Waals surface area contributed by atoms with Gasteiger partial charge in [-0.15, -0.1) is 12.4 Å². The van der Waals surface area contributed by atoms with E-state index in [2.05, 4.69) is 24.1 Å². The summed E-state index contributed by atoms with van der Waals surface area (Å²) in [4.78, 5) is 2.40. The lowest BCUT2D eigenvalue weighted by Gasteiger charge is -2.28. The summed E-state index contributed by atoms with van der Waals surface area (Å²) in [6.07, 6.45) is 0.402. The summed E-state index contributed by atoms with van der Waals surface area (Å²) in [5, 5.41) is 3.34. The fourth-order valence-electron chi connectivity index (χ4n) is 1.51. The monoisotopic (exact) mass is 208 g/mol. The smallest absolute Gasteiger partial charge is 0.0826 e. The van der Waals surface area contributed by atoms with Crippen LogP contribution < -0.4 is 5.32 Å². The molecular formula is C9H21ClN2O. The van der Waals surface area contributed by atoms with Crippen LogP contribution in [0.15, 0.2) is 0 Å². The summed E-state index contributed by atoms with van der Waals surface area (Å²) >= 11 is 0. The Kier molecular flexibility index (Phi) is 7.66. The van der Waals surface area contributed by atoms with Crippen LogP contribution in [-0.2, 0) is 4.74 Å². The molecule has 1 rings (SSSR count). The SMILES string of the molecule is CCN(CC)C[C@@H]1CNCCO1.Cl. The van der Waals surface area contributed by atoms with Gasteiger partial charge < -0.3 is 15.0 Å². The van der Waals surface area contributed by atoms with Gasteiger partial charge in [-0.1, -0.05) is 13.8 Å². The predicted octanol–water partition coefficient (Wildman–Crippen LogP) is 0.738. The molecule has 0 bridgehead atoms. The average molecular weight is 209 g/mol. The van der Waals surface area contributed by atoms with Crippen molar-refractivity contribution in [2.75, 3.05) is 39.3 Å². The minimum atomic E-state index is 0. The molecule has 4 heteroatoms. The van der Waals surface area contributed by atoms with E-state index in [1.165, 1.54) is 0 Å². The molecule has 1 aliphatic rings. The molecule has 1 N–H and O–H groups in total. The highest BCUT2D eigenvalue weighted by atomic mass is 35.5. The zero-order chi connectivity index (χ0) is 8.81. The second kappa shape index (κ2) is 7.56. The van der Waals surface area contributed by atoms with Gasteiger partial charge in [0.15, 0.2) is 0 Å². The minimum Gasteiger partial charge on any atom is -0.374 e. The van der Waals surface area contributed by atoms with Crippen molar-refractivity contribution in [3.63, 3.8) is 0 Å². The molecule has 1 heterocycles. The number of nitrogens with zero attached hydrogens (tertiary/aromatic N) is 1. The molecule has 0 amide bonds. The van der Waals surface area contributed by atoms with Gasteiger partial charge in [0.2, 0.25) is 0 Å². The summed E-state index contributed by atoms with van der Waals surface area (Å²) in [6.45, 7) is 10.6. The first-order chi connectivity index (χ1) is 5.86. The lowest BCUT2D eigenvalue weighted by Crippen LogP contribution is -2.45. The third kappa shape index (κ3) is 4.81. The van der Waals surface area contributed by atoms with Gasteiger partial charge in [-0.05, 0) is 13.1 Å². The molecule has 0 spiro atoms. The highest BCUT2D eigenvalue weighted by Gasteiger charge is 2.15. The lowest BCUT2D eigenvalue weighted by molar-refractivity contribution is 0.00735. The predicted molar refractivity (Wildman–Crippen MR) is 57.6 cm³/mol. The number of rotatable bonds is 4. The normalized spacial score (nSPS) is 22.8. The van der Waals surface area contributed by atoms with Crippen molar-refractivity contribution >= 4 is 12.4 Å². The second-order valence-electron chi connectivity index (χ2n) is 3.18. The molecule has 1 aliphatic heterocycles. The standard InChI is InChI=1S/C9H20N2O.ClH/c1-3-11(4-2)8-9-7-10-5-6-12-9;/h9-10H,3-8H2,1-2H3;1H/t9-;/m0./s1. The van der Waals surface area contributed by atoms with Crippen LogP contribution in [0.5, 0.6) is 0 Å². The van der Waals surface area contributed by atoms with Crippen molar-refractivity contribution in [1.29, 1.82) is 0 Å². The zero-order valence-corrected chi connectivity index (χ0v) is 9.40. The molecule has 1 saturated heterocycles. The summed E-state index contributed by atoms with van der Waals surface area (Å²) in [6, 6.07) is 0. The number of hydrogen-bond acceptors (Lipinski definition) is 3. The molecule has 80 valence electrons. The van der Waals surface area contributed by atoms with Crippen molar-refractivity contribution in [2.24, 2.45) is 0 Å². The molecule has 0 aromatic carbocycles. The Balaban J connectivity index is 0.00000144. The van der Waals surface area contributed by atoms with E-state index in [-0.39, 0.29) is 12.4 Å². The maximum absolute atomic E-state index is 5.61. The highest BCUT2D eigenvalue weighted by molar-refractivity contribution is 5.85. The van der Waals surface area contributed by atoms with Crippen LogP contribution in [-0.4, -0.2) is 50.3 Å². The van der Waals surface area contributed by atoms with E-state index in [0.29, 0.717) is 6.10 Å². The number of halogens is 1. The summed E-state index contributed by atoms with van der Waals surface area (Å²) < 4.78 is 5.61. The highest BCUT2D eigenvalue weighted by Crippen LogP contribution is 1.99. The van der Waals surface area contributed by atoms with Gasteiger partial charge in [0.1, 0.15) is 0 Å². The summed E-state index contributed by atoms with van der Waals surface area (Å²) in [7, 11) is 0. The zero-order valence-electron chi connectivity index (χ0n) is 8.58. The number of morpholine rings is 1. The van der Waals surface area contributed by atoms with Gasteiger partial charge in [0.25, 0.3) is 0 Å². The van der Waals surface area contributed by atoms with Gasteiger partial charge in [-0.2, -0.15) is 0 Å². The van der Waals surface area contributed by atoms with E-state index in [1.54, 1.807) is 0 Å². The van der Waals surface area contributed by atoms with Crippen LogP contribution in [0.3, 0.4) is 0 Å². The fraction of sp³-hybridized carbons (Fsp3) is 1.00. The second-order valence-corrected chi connectivity index (χ2v) is 3.18. The molecule has 13 heavy (non-hydrogen) atoms. The molecule has 0 saturated carbocycles. The van der Waals surface area contributed by atoms with Gasteiger partial charge >= 0.3 is 0 Å². The number of ether oxygens (including phenoxy) is 1. The molecular weight excluding hydrogens is 188 g/mol.